The molecule has 5 aromatic carbocycles. The monoisotopic (exact) mass is 518 g/mol. The SMILES string of the molecule is CC(C)(C)c1c2ccccc2c(C(C)(C)C)c2cc3nc4c(nc3cc12)C1c2ccccc2C4c2ccccc21. The maximum absolute atomic E-state index is 5.48. The van der Waals surface area contributed by atoms with E-state index in [0.717, 1.165) is 22.4 Å². The lowest BCUT2D eigenvalue weighted by atomic mass is 9.64. The molecule has 0 atom stereocenters. The van der Waals surface area contributed by atoms with Crippen molar-refractivity contribution in [3.8, 4) is 0 Å². The van der Waals surface area contributed by atoms with Crippen molar-refractivity contribution in [3.63, 3.8) is 0 Å². The van der Waals surface area contributed by atoms with Gasteiger partial charge in [0.1, 0.15) is 0 Å². The standard InChI is InChI=1S/C38H34N2/c1-37(2,3)33-25-17-11-12-18-26(25)34(38(4,5)6)28-20-30-29(19-27(28)33)39-35-31-21-13-7-9-15-23(21)32(36(35)40-30)24-16-10-8-14-22(24)31/h7-20,31-32H,1-6H3. The predicted octanol–water partition coefficient (Wildman–Crippen LogP) is 9.52. The molecule has 1 heterocycles. The van der Waals surface area contributed by atoms with Crippen molar-refractivity contribution >= 4 is 32.6 Å². The molecule has 0 amide bonds. The fourth-order valence-corrected chi connectivity index (χ4v) is 7.79. The average Bonchev–Trinajstić information content (AvgIpc) is 2.92. The molecule has 196 valence electrons. The number of fused-ring (bicyclic) bond motifs is 3. The van der Waals surface area contributed by atoms with Crippen molar-refractivity contribution in [3.05, 3.63) is 130 Å². The van der Waals surface area contributed by atoms with E-state index in [2.05, 4.69) is 126 Å². The molecule has 0 N–H and O–H groups in total. The van der Waals surface area contributed by atoms with Gasteiger partial charge < -0.3 is 0 Å². The van der Waals surface area contributed by atoms with Gasteiger partial charge in [0, 0.05) is 0 Å². The number of rotatable bonds is 0. The summed E-state index contributed by atoms with van der Waals surface area (Å²) in [5.41, 5.74) is 12.5. The summed E-state index contributed by atoms with van der Waals surface area (Å²) in [7, 11) is 0. The second-order valence-corrected chi connectivity index (χ2v) is 13.8. The minimum Gasteiger partial charge on any atom is -0.248 e. The van der Waals surface area contributed by atoms with Crippen LogP contribution in [-0.2, 0) is 10.8 Å². The van der Waals surface area contributed by atoms with Crippen LogP contribution in [0, 0.1) is 0 Å². The topological polar surface area (TPSA) is 25.8 Å². The highest BCUT2D eigenvalue weighted by atomic mass is 14.9. The van der Waals surface area contributed by atoms with E-state index >= 15 is 0 Å². The summed E-state index contributed by atoms with van der Waals surface area (Å²) in [5, 5.41) is 5.30. The molecule has 0 radical (unpaired) electrons. The fourth-order valence-electron chi connectivity index (χ4n) is 7.79. The quantitative estimate of drug-likeness (QED) is 0.187. The van der Waals surface area contributed by atoms with E-state index in [1.807, 2.05) is 0 Å². The molecule has 0 spiro atoms. The molecule has 2 bridgehead atoms. The molecule has 2 heteroatoms. The van der Waals surface area contributed by atoms with Crippen molar-refractivity contribution in [1.29, 1.82) is 0 Å². The van der Waals surface area contributed by atoms with Gasteiger partial charge in [-0.3, -0.25) is 0 Å². The molecular formula is C38H34N2. The lowest BCUT2D eigenvalue weighted by Crippen LogP contribution is -2.29. The highest BCUT2D eigenvalue weighted by Crippen LogP contribution is 2.55. The summed E-state index contributed by atoms with van der Waals surface area (Å²) in [4.78, 5) is 11.0. The number of benzene rings is 5. The first-order valence-corrected chi connectivity index (χ1v) is 14.5. The zero-order valence-corrected chi connectivity index (χ0v) is 24.1. The van der Waals surface area contributed by atoms with E-state index < -0.39 is 0 Å². The van der Waals surface area contributed by atoms with Crippen LogP contribution in [0.15, 0.2) is 84.9 Å². The van der Waals surface area contributed by atoms with Crippen LogP contribution >= 0.6 is 0 Å². The van der Waals surface area contributed by atoms with Gasteiger partial charge in [0.15, 0.2) is 0 Å². The van der Waals surface area contributed by atoms with E-state index in [1.54, 1.807) is 0 Å². The zero-order chi connectivity index (χ0) is 27.6. The first kappa shape index (κ1) is 23.8. The Morgan fingerprint density at radius 1 is 0.450 bits per heavy atom. The summed E-state index contributed by atoms with van der Waals surface area (Å²) in [6.45, 7) is 14.0. The van der Waals surface area contributed by atoms with Gasteiger partial charge in [-0.05, 0) is 77.9 Å². The Hall–Kier alpha value is -4.04. The third-order valence-electron chi connectivity index (χ3n) is 9.15. The second kappa shape index (κ2) is 7.79. The number of hydrogen-bond donors (Lipinski definition) is 0. The molecule has 0 saturated carbocycles. The Bertz CT molecular complexity index is 1840. The van der Waals surface area contributed by atoms with Crippen LogP contribution in [0.1, 0.15) is 98.1 Å². The summed E-state index contributed by atoms with van der Waals surface area (Å²) >= 11 is 0. The van der Waals surface area contributed by atoms with Gasteiger partial charge in [0.05, 0.1) is 34.3 Å². The molecule has 9 rings (SSSR count). The molecule has 0 saturated heterocycles. The van der Waals surface area contributed by atoms with Gasteiger partial charge in [0.2, 0.25) is 0 Å². The van der Waals surface area contributed by atoms with E-state index in [-0.39, 0.29) is 22.7 Å². The van der Waals surface area contributed by atoms with Crippen molar-refractivity contribution in [1.82, 2.24) is 9.97 Å². The van der Waals surface area contributed by atoms with Crippen LogP contribution in [-0.4, -0.2) is 9.97 Å². The Kier molecular flexibility index (Phi) is 4.64. The largest absolute Gasteiger partial charge is 0.248 e. The molecule has 3 aliphatic carbocycles. The van der Waals surface area contributed by atoms with Gasteiger partial charge in [0.25, 0.3) is 0 Å². The number of aromatic nitrogens is 2. The summed E-state index contributed by atoms with van der Waals surface area (Å²) in [5.74, 6) is 0.257. The Balaban J connectivity index is 1.51. The van der Waals surface area contributed by atoms with Crippen molar-refractivity contribution in [2.75, 3.05) is 0 Å². The lowest BCUT2D eigenvalue weighted by molar-refractivity contribution is 0.593. The molecule has 40 heavy (non-hydrogen) atoms. The maximum Gasteiger partial charge on any atom is 0.0897 e. The summed E-state index contributed by atoms with van der Waals surface area (Å²) in [6, 6.07) is 31.5. The van der Waals surface area contributed by atoms with Crippen molar-refractivity contribution < 1.29 is 0 Å². The van der Waals surface area contributed by atoms with Crippen LogP contribution < -0.4 is 0 Å². The van der Waals surface area contributed by atoms with Gasteiger partial charge in [-0.1, -0.05) is 114 Å². The third-order valence-corrected chi connectivity index (χ3v) is 9.15. The summed E-state index contributed by atoms with van der Waals surface area (Å²) in [6.07, 6.45) is 0. The van der Waals surface area contributed by atoms with Crippen LogP contribution in [0.2, 0.25) is 0 Å². The predicted molar refractivity (Wildman–Crippen MR) is 167 cm³/mol. The first-order valence-electron chi connectivity index (χ1n) is 14.5. The van der Waals surface area contributed by atoms with Crippen LogP contribution in [0.5, 0.6) is 0 Å². The van der Waals surface area contributed by atoms with Gasteiger partial charge in [-0.2, -0.15) is 0 Å². The Morgan fingerprint density at radius 3 is 1.10 bits per heavy atom. The third kappa shape index (κ3) is 3.11. The van der Waals surface area contributed by atoms with Gasteiger partial charge in [-0.25, -0.2) is 9.97 Å². The summed E-state index contributed by atoms with van der Waals surface area (Å²) < 4.78 is 0. The molecule has 3 aliphatic rings. The Morgan fingerprint density at radius 2 is 0.775 bits per heavy atom. The lowest BCUT2D eigenvalue weighted by Gasteiger charge is -2.40. The molecule has 0 aliphatic heterocycles. The average molecular weight is 519 g/mol. The van der Waals surface area contributed by atoms with Gasteiger partial charge in [-0.15, -0.1) is 0 Å². The first-order chi connectivity index (χ1) is 19.1. The minimum atomic E-state index is -0.0273. The molecule has 1 aromatic heterocycles. The molecule has 6 aromatic rings. The van der Waals surface area contributed by atoms with Crippen LogP contribution in [0.25, 0.3) is 32.6 Å². The van der Waals surface area contributed by atoms with E-state index in [4.69, 9.17) is 9.97 Å². The fraction of sp³-hybridized carbons (Fsp3) is 0.263. The molecule has 2 nitrogen and oxygen atoms in total. The van der Waals surface area contributed by atoms with Crippen LogP contribution in [0.3, 0.4) is 0 Å². The van der Waals surface area contributed by atoms with E-state index in [0.29, 0.717) is 0 Å². The number of hydrogen-bond acceptors (Lipinski definition) is 2. The van der Waals surface area contributed by atoms with Crippen LogP contribution in [0.4, 0.5) is 0 Å². The van der Waals surface area contributed by atoms with Crippen molar-refractivity contribution in [2.45, 2.75) is 64.2 Å². The van der Waals surface area contributed by atoms with Crippen molar-refractivity contribution in [2.24, 2.45) is 0 Å². The second-order valence-electron chi connectivity index (χ2n) is 13.8. The molecular weight excluding hydrogens is 484 g/mol. The van der Waals surface area contributed by atoms with E-state index in [1.165, 1.54) is 54.9 Å². The van der Waals surface area contributed by atoms with E-state index in [9.17, 15) is 0 Å². The maximum atomic E-state index is 5.48. The number of nitrogens with zero attached hydrogens (tertiary/aromatic N) is 2. The molecule has 0 unspecified atom stereocenters. The highest BCUT2D eigenvalue weighted by molar-refractivity contribution is 6.10. The molecule has 0 fully saturated rings. The van der Waals surface area contributed by atoms with Gasteiger partial charge >= 0.3 is 0 Å². The highest BCUT2D eigenvalue weighted by Gasteiger charge is 2.43. The zero-order valence-electron chi connectivity index (χ0n) is 24.1. The smallest absolute Gasteiger partial charge is 0.0897 e. The normalized spacial score (nSPS) is 17.8. The minimum absolute atomic E-state index is 0.0273. The Labute approximate surface area is 236 Å².